The van der Waals surface area contributed by atoms with E-state index in [0.29, 0.717) is 18.7 Å². The molecule has 2 N–H and O–H groups in total. The number of H-pyrrole nitrogens is 1. The monoisotopic (exact) mass is 361 g/mol. The Balaban J connectivity index is 1.41. The van der Waals surface area contributed by atoms with Crippen LogP contribution in [0.5, 0.6) is 0 Å². The maximum Gasteiger partial charge on any atom is 0.271 e. The molecule has 0 atom stereocenters. The molecule has 0 unspecified atom stereocenters. The van der Waals surface area contributed by atoms with E-state index in [0.717, 1.165) is 22.3 Å². The van der Waals surface area contributed by atoms with Gasteiger partial charge in [0.2, 0.25) is 0 Å². The predicted octanol–water partition coefficient (Wildman–Crippen LogP) is 3.19. The molecule has 0 bridgehead atoms. The van der Waals surface area contributed by atoms with E-state index in [1.807, 2.05) is 61.5 Å². The Morgan fingerprint density at radius 2 is 1.89 bits per heavy atom. The van der Waals surface area contributed by atoms with Crippen molar-refractivity contribution >= 4 is 16.9 Å². The van der Waals surface area contributed by atoms with Crippen molar-refractivity contribution in [1.82, 2.24) is 15.1 Å². The number of nitrogens with one attached hydrogen (secondary N) is 2. The third-order valence-electron chi connectivity index (χ3n) is 4.39. The lowest BCUT2D eigenvalue weighted by atomic mass is 10.2. The van der Waals surface area contributed by atoms with Crippen LogP contribution in [0.1, 0.15) is 21.8 Å². The maximum absolute atomic E-state index is 12.3. The lowest BCUT2D eigenvalue weighted by Crippen LogP contribution is -2.26. The van der Waals surface area contributed by atoms with E-state index in [1.54, 1.807) is 0 Å². The molecule has 2 aromatic carbocycles. The second-order valence-corrected chi connectivity index (χ2v) is 6.44. The molecule has 0 radical (unpaired) electrons. The Hall–Kier alpha value is -3.54. The average molecular weight is 361 g/mol. The van der Waals surface area contributed by atoms with Crippen molar-refractivity contribution in [2.45, 2.75) is 13.3 Å². The van der Waals surface area contributed by atoms with Crippen LogP contribution >= 0.6 is 0 Å². The van der Waals surface area contributed by atoms with Gasteiger partial charge in [-0.2, -0.15) is 0 Å². The molecule has 6 heteroatoms. The first-order chi connectivity index (χ1) is 13.1. The number of amides is 1. The summed E-state index contributed by atoms with van der Waals surface area (Å²) in [5.41, 5.74) is 2.57. The van der Waals surface area contributed by atoms with Crippen molar-refractivity contribution in [3.8, 4) is 5.69 Å². The highest BCUT2D eigenvalue weighted by Crippen LogP contribution is 2.18. The maximum atomic E-state index is 12.3. The molecule has 1 amide bonds. The van der Waals surface area contributed by atoms with Gasteiger partial charge in [-0.15, -0.1) is 0 Å². The van der Waals surface area contributed by atoms with E-state index in [2.05, 4.69) is 10.4 Å². The number of hydrogen-bond donors (Lipinski definition) is 2. The van der Waals surface area contributed by atoms with Gasteiger partial charge in [-0.1, -0.05) is 35.9 Å². The number of fused-ring (bicyclic) bond motifs is 1. The molecular weight excluding hydrogens is 342 g/mol. The van der Waals surface area contributed by atoms with Crippen LogP contribution in [0.3, 0.4) is 0 Å². The van der Waals surface area contributed by atoms with Gasteiger partial charge in [-0.05, 0) is 31.2 Å². The fourth-order valence-electron chi connectivity index (χ4n) is 2.95. The first kappa shape index (κ1) is 16.9. The Kier molecular flexibility index (Phi) is 4.38. The minimum Gasteiger partial charge on any atom is -0.461 e. The van der Waals surface area contributed by atoms with Crippen LogP contribution in [0.4, 0.5) is 0 Å². The largest absolute Gasteiger partial charge is 0.461 e. The molecule has 0 saturated carbocycles. The molecule has 2 heterocycles. The van der Waals surface area contributed by atoms with Gasteiger partial charge in [0.1, 0.15) is 17.0 Å². The molecule has 0 aliphatic rings. The average Bonchev–Trinajstić information content (AvgIpc) is 3.25. The number of rotatable bonds is 5. The molecule has 136 valence electrons. The van der Waals surface area contributed by atoms with E-state index >= 15 is 0 Å². The van der Waals surface area contributed by atoms with Crippen molar-refractivity contribution in [3.05, 3.63) is 88.0 Å². The highest BCUT2D eigenvalue weighted by Gasteiger charge is 2.12. The van der Waals surface area contributed by atoms with E-state index in [1.165, 1.54) is 10.7 Å². The number of carbonyl (C=O) groups excluding carboxylic acids is 1. The van der Waals surface area contributed by atoms with E-state index in [-0.39, 0.29) is 17.2 Å². The molecular formula is C21H19N3O3. The number of furan rings is 1. The summed E-state index contributed by atoms with van der Waals surface area (Å²) >= 11 is 0. The number of aromatic nitrogens is 2. The third kappa shape index (κ3) is 3.55. The lowest BCUT2D eigenvalue weighted by molar-refractivity contribution is 0.0948. The van der Waals surface area contributed by atoms with Gasteiger partial charge in [0.05, 0.1) is 5.69 Å². The zero-order valence-corrected chi connectivity index (χ0v) is 14.9. The van der Waals surface area contributed by atoms with Gasteiger partial charge in [0, 0.05) is 24.4 Å². The van der Waals surface area contributed by atoms with Gasteiger partial charge in [-0.3, -0.25) is 14.7 Å². The smallest absolute Gasteiger partial charge is 0.271 e. The number of nitrogens with zero attached hydrogens (tertiary/aromatic N) is 1. The Labute approximate surface area is 155 Å². The van der Waals surface area contributed by atoms with Crippen LogP contribution in [0.25, 0.3) is 16.7 Å². The first-order valence-electron chi connectivity index (χ1n) is 8.75. The number of carbonyl (C=O) groups is 1. The first-order valence-corrected chi connectivity index (χ1v) is 8.75. The Bertz CT molecular complexity index is 1120. The summed E-state index contributed by atoms with van der Waals surface area (Å²) in [6, 6.07) is 18.5. The lowest BCUT2D eigenvalue weighted by Gasteiger charge is -2.04. The minimum atomic E-state index is -0.325. The van der Waals surface area contributed by atoms with Crippen molar-refractivity contribution in [3.63, 3.8) is 0 Å². The predicted molar refractivity (Wildman–Crippen MR) is 103 cm³/mol. The summed E-state index contributed by atoms with van der Waals surface area (Å²) < 4.78 is 7.09. The topological polar surface area (TPSA) is 80.0 Å². The zero-order valence-electron chi connectivity index (χ0n) is 14.9. The molecule has 4 rings (SSSR count). The van der Waals surface area contributed by atoms with Crippen LogP contribution < -0.4 is 10.9 Å². The SMILES string of the molecule is Cc1ccc(-n2[nH]c(C(=O)NCCc3cc4ccccc4o3)cc2=O)cc1. The molecule has 0 aliphatic heterocycles. The van der Waals surface area contributed by atoms with Crippen LogP contribution in [0, 0.1) is 6.92 Å². The molecule has 0 aliphatic carbocycles. The number of para-hydroxylation sites is 1. The van der Waals surface area contributed by atoms with Gasteiger partial charge in [-0.25, -0.2) is 4.68 Å². The minimum absolute atomic E-state index is 0.227. The van der Waals surface area contributed by atoms with Gasteiger partial charge >= 0.3 is 0 Å². The third-order valence-corrected chi connectivity index (χ3v) is 4.39. The van der Waals surface area contributed by atoms with Gasteiger partial charge in [0.25, 0.3) is 11.5 Å². The quantitative estimate of drug-likeness (QED) is 0.573. The van der Waals surface area contributed by atoms with E-state index in [4.69, 9.17) is 4.42 Å². The highest BCUT2D eigenvalue weighted by atomic mass is 16.3. The summed E-state index contributed by atoms with van der Waals surface area (Å²) in [7, 11) is 0. The second kappa shape index (κ2) is 6.99. The Morgan fingerprint density at radius 1 is 1.11 bits per heavy atom. The van der Waals surface area contributed by atoms with Crippen molar-refractivity contribution in [2.24, 2.45) is 0 Å². The van der Waals surface area contributed by atoms with Crippen molar-refractivity contribution < 1.29 is 9.21 Å². The van der Waals surface area contributed by atoms with E-state index < -0.39 is 0 Å². The summed E-state index contributed by atoms with van der Waals surface area (Å²) in [6.45, 7) is 2.39. The molecule has 4 aromatic rings. The number of aromatic amines is 1. The number of benzene rings is 2. The van der Waals surface area contributed by atoms with Crippen molar-refractivity contribution in [2.75, 3.05) is 6.54 Å². The molecule has 0 saturated heterocycles. The molecule has 27 heavy (non-hydrogen) atoms. The van der Waals surface area contributed by atoms with Gasteiger partial charge < -0.3 is 9.73 Å². The standard InChI is InChI=1S/C21H19N3O3/c1-14-6-8-16(9-7-14)24-20(25)13-18(23-24)21(26)22-11-10-17-12-15-4-2-3-5-19(15)27-17/h2-9,12-13,23H,10-11H2,1H3,(H,22,26). The molecule has 0 fully saturated rings. The fraction of sp³-hybridized carbons (Fsp3) is 0.143. The van der Waals surface area contributed by atoms with Crippen LogP contribution in [-0.4, -0.2) is 22.2 Å². The van der Waals surface area contributed by atoms with Crippen LogP contribution in [0.2, 0.25) is 0 Å². The normalized spacial score (nSPS) is 11.0. The van der Waals surface area contributed by atoms with E-state index in [9.17, 15) is 9.59 Å². The summed E-state index contributed by atoms with van der Waals surface area (Å²) in [5, 5.41) is 6.71. The summed E-state index contributed by atoms with van der Waals surface area (Å²) in [5.74, 6) is 0.483. The number of hydrogen-bond acceptors (Lipinski definition) is 3. The Morgan fingerprint density at radius 3 is 2.67 bits per heavy atom. The molecule has 0 spiro atoms. The highest BCUT2D eigenvalue weighted by molar-refractivity contribution is 5.92. The molecule has 6 nitrogen and oxygen atoms in total. The second-order valence-electron chi connectivity index (χ2n) is 6.44. The fourth-order valence-corrected chi connectivity index (χ4v) is 2.95. The summed E-state index contributed by atoms with van der Waals surface area (Å²) in [4.78, 5) is 24.5. The summed E-state index contributed by atoms with van der Waals surface area (Å²) in [6.07, 6.45) is 0.573. The van der Waals surface area contributed by atoms with Crippen molar-refractivity contribution in [1.29, 1.82) is 0 Å². The van der Waals surface area contributed by atoms with Gasteiger partial charge in [0.15, 0.2) is 0 Å². The van der Waals surface area contributed by atoms with Crippen LogP contribution in [0.15, 0.2) is 69.9 Å². The zero-order chi connectivity index (χ0) is 18.8. The molecule has 2 aromatic heterocycles. The number of aryl methyl sites for hydroxylation is 1. The van der Waals surface area contributed by atoms with Crippen LogP contribution in [-0.2, 0) is 6.42 Å².